The maximum atomic E-state index is 12.9. The highest BCUT2D eigenvalue weighted by Crippen LogP contribution is 2.28. The van der Waals surface area contributed by atoms with Crippen molar-refractivity contribution in [1.82, 2.24) is 10.1 Å². The first kappa shape index (κ1) is 13.0. The quantitative estimate of drug-likeness (QED) is 0.742. The van der Waals surface area contributed by atoms with Crippen LogP contribution in [0.15, 0.2) is 53.1 Å². The molecule has 0 saturated heterocycles. The lowest BCUT2D eigenvalue weighted by Gasteiger charge is -2.16. The molecule has 110 valence electrons. The molecule has 0 radical (unpaired) electrons. The molecule has 1 aromatic heterocycles. The summed E-state index contributed by atoms with van der Waals surface area (Å²) in [6, 6.07) is 14.4. The maximum absolute atomic E-state index is 12.9. The molecule has 1 aliphatic rings. The van der Waals surface area contributed by atoms with E-state index in [0.717, 1.165) is 18.5 Å². The molecular formula is C17H14FN3O. The van der Waals surface area contributed by atoms with Crippen molar-refractivity contribution in [3.63, 3.8) is 0 Å². The van der Waals surface area contributed by atoms with E-state index in [9.17, 15) is 4.39 Å². The molecule has 0 amide bonds. The van der Waals surface area contributed by atoms with E-state index in [4.69, 9.17) is 4.52 Å². The second-order valence-electron chi connectivity index (χ2n) is 5.32. The molecule has 0 spiro atoms. The predicted molar refractivity (Wildman–Crippen MR) is 80.9 cm³/mol. The van der Waals surface area contributed by atoms with Crippen molar-refractivity contribution in [3.8, 4) is 11.4 Å². The second-order valence-corrected chi connectivity index (χ2v) is 5.32. The molecular weight excluding hydrogens is 281 g/mol. The zero-order valence-electron chi connectivity index (χ0n) is 11.9. The number of aromatic nitrogens is 2. The van der Waals surface area contributed by atoms with Crippen molar-refractivity contribution >= 4 is 5.69 Å². The number of benzene rings is 2. The standard InChI is InChI=1S/C17H14FN3O/c18-14-7-5-13(6-8-14)17-19-16(22-20-17)11-21-10-9-12-3-1-2-4-15(12)21/h1-8H,9-11H2. The molecule has 5 heteroatoms. The third-order valence-corrected chi connectivity index (χ3v) is 3.88. The van der Waals surface area contributed by atoms with Crippen LogP contribution >= 0.6 is 0 Å². The molecule has 0 atom stereocenters. The Hall–Kier alpha value is -2.69. The minimum Gasteiger partial charge on any atom is -0.362 e. The van der Waals surface area contributed by atoms with Crippen molar-refractivity contribution in [1.29, 1.82) is 0 Å². The fourth-order valence-corrected chi connectivity index (χ4v) is 2.77. The van der Waals surface area contributed by atoms with E-state index in [2.05, 4.69) is 33.2 Å². The Morgan fingerprint density at radius 3 is 2.77 bits per heavy atom. The summed E-state index contributed by atoms with van der Waals surface area (Å²) in [6.45, 7) is 1.54. The first-order chi connectivity index (χ1) is 10.8. The van der Waals surface area contributed by atoms with Gasteiger partial charge in [0, 0.05) is 17.8 Å². The van der Waals surface area contributed by atoms with Gasteiger partial charge in [0.15, 0.2) is 0 Å². The zero-order valence-corrected chi connectivity index (χ0v) is 11.9. The van der Waals surface area contributed by atoms with Gasteiger partial charge in [0.05, 0.1) is 6.54 Å². The van der Waals surface area contributed by atoms with Crippen molar-refractivity contribution in [3.05, 3.63) is 65.8 Å². The van der Waals surface area contributed by atoms with Crippen LogP contribution in [0.5, 0.6) is 0 Å². The van der Waals surface area contributed by atoms with Crippen molar-refractivity contribution in [2.75, 3.05) is 11.4 Å². The first-order valence-electron chi connectivity index (χ1n) is 7.21. The highest BCUT2D eigenvalue weighted by molar-refractivity contribution is 5.58. The smallest absolute Gasteiger partial charge is 0.246 e. The average molecular weight is 295 g/mol. The Kier molecular flexibility index (Phi) is 3.11. The van der Waals surface area contributed by atoms with E-state index < -0.39 is 0 Å². The van der Waals surface area contributed by atoms with Crippen LogP contribution in [0.3, 0.4) is 0 Å². The topological polar surface area (TPSA) is 42.2 Å². The summed E-state index contributed by atoms with van der Waals surface area (Å²) in [6.07, 6.45) is 1.04. The van der Waals surface area contributed by atoms with Crippen LogP contribution in [0.4, 0.5) is 10.1 Å². The van der Waals surface area contributed by atoms with Gasteiger partial charge in [-0.2, -0.15) is 4.98 Å². The van der Waals surface area contributed by atoms with Crippen LogP contribution in [0.2, 0.25) is 0 Å². The van der Waals surface area contributed by atoms with Crippen LogP contribution < -0.4 is 4.90 Å². The molecule has 0 saturated carbocycles. The van der Waals surface area contributed by atoms with Crippen LogP contribution in [0.1, 0.15) is 11.5 Å². The van der Waals surface area contributed by atoms with Gasteiger partial charge in [-0.05, 0) is 42.3 Å². The summed E-state index contributed by atoms with van der Waals surface area (Å²) >= 11 is 0. The van der Waals surface area contributed by atoms with Crippen LogP contribution in [-0.2, 0) is 13.0 Å². The number of halogens is 1. The van der Waals surface area contributed by atoms with Crippen LogP contribution in [0, 0.1) is 5.82 Å². The van der Waals surface area contributed by atoms with Crippen molar-refractivity contribution < 1.29 is 8.91 Å². The van der Waals surface area contributed by atoms with Gasteiger partial charge < -0.3 is 9.42 Å². The maximum Gasteiger partial charge on any atom is 0.246 e. The van der Waals surface area contributed by atoms with E-state index in [1.807, 2.05) is 6.07 Å². The summed E-state index contributed by atoms with van der Waals surface area (Å²) in [5.41, 5.74) is 3.32. The highest BCUT2D eigenvalue weighted by atomic mass is 19.1. The zero-order chi connectivity index (χ0) is 14.9. The lowest BCUT2D eigenvalue weighted by Crippen LogP contribution is -2.19. The number of rotatable bonds is 3. The first-order valence-corrected chi connectivity index (χ1v) is 7.21. The number of nitrogens with zero attached hydrogens (tertiary/aromatic N) is 3. The molecule has 1 aliphatic heterocycles. The lowest BCUT2D eigenvalue weighted by atomic mass is 10.2. The molecule has 0 aliphatic carbocycles. The van der Waals surface area contributed by atoms with E-state index in [1.54, 1.807) is 12.1 Å². The van der Waals surface area contributed by atoms with E-state index in [1.165, 1.54) is 23.4 Å². The molecule has 0 bridgehead atoms. The molecule has 4 rings (SSSR count). The fraction of sp³-hybridized carbons (Fsp3) is 0.176. The van der Waals surface area contributed by atoms with Crippen LogP contribution in [0.25, 0.3) is 11.4 Å². The molecule has 2 heterocycles. The van der Waals surface area contributed by atoms with Gasteiger partial charge in [0.25, 0.3) is 0 Å². The predicted octanol–water partition coefficient (Wildman–Crippen LogP) is 3.44. The Bertz CT molecular complexity index is 798. The minimum atomic E-state index is -0.277. The second kappa shape index (κ2) is 5.26. The van der Waals surface area contributed by atoms with Gasteiger partial charge in [-0.15, -0.1) is 0 Å². The van der Waals surface area contributed by atoms with Crippen molar-refractivity contribution in [2.45, 2.75) is 13.0 Å². The fourth-order valence-electron chi connectivity index (χ4n) is 2.77. The average Bonchev–Trinajstić information content (AvgIpc) is 3.16. The Balaban J connectivity index is 1.54. The van der Waals surface area contributed by atoms with Gasteiger partial charge in [-0.1, -0.05) is 23.4 Å². The minimum absolute atomic E-state index is 0.277. The Labute approximate surface area is 127 Å². The van der Waals surface area contributed by atoms with Crippen LogP contribution in [-0.4, -0.2) is 16.7 Å². The summed E-state index contributed by atoms with van der Waals surface area (Å²) in [5, 5.41) is 3.98. The number of hydrogen-bond donors (Lipinski definition) is 0. The third kappa shape index (κ3) is 2.35. The summed E-state index contributed by atoms with van der Waals surface area (Å²) in [7, 11) is 0. The van der Waals surface area contributed by atoms with E-state index >= 15 is 0 Å². The summed E-state index contributed by atoms with van der Waals surface area (Å²) in [5.74, 6) is 0.777. The third-order valence-electron chi connectivity index (χ3n) is 3.88. The molecule has 0 fully saturated rings. The monoisotopic (exact) mass is 295 g/mol. The number of para-hydroxylation sites is 1. The highest BCUT2D eigenvalue weighted by Gasteiger charge is 2.20. The van der Waals surface area contributed by atoms with Gasteiger partial charge >= 0.3 is 0 Å². The van der Waals surface area contributed by atoms with Gasteiger partial charge in [-0.3, -0.25) is 0 Å². The number of hydrogen-bond acceptors (Lipinski definition) is 4. The molecule has 0 N–H and O–H groups in total. The normalized spacial score (nSPS) is 13.4. The lowest BCUT2D eigenvalue weighted by molar-refractivity contribution is 0.377. The van der Waals surface area contributed by atoms with Gasteiger partial charge in [0.1, 0.15) is 5.82 Å². The molecule has 22 heavy (non-hydrogen) atoms. The summed E-state index contributed by atoms with van der Waals surface area (Å²) in [4.78, 5) is 6.64. The van der Waals surface area contributed by atoms with Gasteiger partial charge in [-0.25, -0.2) is 4.39 Å². The van der Waals surface area contributed by atoms with Crippen molar-refractivity contribution in [2.24, 2.45) is 0 Å². The molecule has 4 nitrogen and oxygen atoms in total. The van der Waals surface area contributed by atoms with Gasteiger partial charge in [0.2, 0.25) is 11.7 Å². The number of fused-ring (bicyclic) bond motifs is 1. The van der Waals surface area contributed by atoms with E-state index in [0.29, 0.717) is 18.3 Å². The molecule has 3 aromatic rings. The largest absolute Gasteiger partial charge is 0.362 e. The Morgan fingerprint density at radius 2 is 1.91 bits per heavy atom. The Morgan fingerprint density at radius 1 is 1.09 bits per heavy atom. The van der Waals surface area contributed by atoms with E-state index in [-0.39, 0.29) is 5.82 Å². The number of anilines is 1. The SMILES string of the molecule is Fc1ccc(-c2noc(CN3CCc4ccccc43)n2)cc1. The summed E-state index contributed by atoms with van der Waals surface area (Å²) < 4.78 is 18.3. The molecule has 0 unspecified atom stereocenters. The molecule has 2 aromatic carbocycles.